The predicted molar refractivity (Wildman–Crippen MR) is 56.3 cm³/mol. The molecule has 0 atom stereocenters. The normalized spacial score (nSPS) is 11.0. The lowest BCUT2D eigenvalue weighted by molar-refractivity contribution is -0.131. The third-order valence-electron chi connectivity index (χ3n) is 1.97. The standard InChI is InChI=1S/C11H6F2N2O3/c12-6-1-2-8(13)7(5-6)11-15-14-9(18-11)3-4-10(16)17/h1-5H,(H,16,17)/b4-3+. The van der Waals surface area contributed by atoms with E-state index in [1.807, 2.05) is 0 Å². The highest BCUT2D eigenvalue weighted by molar-refractivity contribution is 5.84. The molecule has 0 spiro atoms. The van der Waals surface area contributed by atoms with Crippen LogP contribution in [0.4, 0.5) is 8.78 Å². The van der Waals surface area contributed by atoms with Crippen LogP contribution in [-0.2, 0) is 4.79 Å². The molecule has 0 unspecified atom stereocenters. The van der Waals surface area contributed by atoms with E-state index < -0.39 is 17.6 Å². The van der Waals surface area contributed by atoms with Gasteiger partial charge in [-0.25, -0.2) is 13.6 Å². The molecule has 5 nitrogen and oxygen atoms in total. The number of carboxylic acid groups (broad SMARTS) is 1. The van der Waals surface area contributed by atoms with Crippen molar-refractivity contribution in [3.8, 4) is 11.5 Å². The summed E-state index contributed by atoms with van der Waals surface area (Å²) in [4.78, 5) is 10.3. The number of halogens is 2. The zero-order valence-corrected chi connectivity index (χ0v) is 8.80. The fourth-order valence-corrected chi connectivity index (χ4v) is 1.21. The maximum absolute atomic E-state index is 13.4. The Morgan fingerprint density at radius 1 is 1.33 bits per heavy atom. The van der Waals surface area contributed by atoms with E-state index in [4.69, 9.17) is 9.52 Å². The molecule has 92 valence electrons. The lowest BCUT2D eigenvalue weighted by Crippen LogP contribution is -1.86. The first-order chi connectivity index (χ1) is 8.56. The van der Waals surface area contributed by atoms with Crippen LogP contribution in [-0.4, -0.2) is 21.3 Å². The minimum atomic E-state index is -1.19. The molecule has 0 aliphatic rings. The van der Waals surface area contributed by atoms with Crippen LogP contribution in [0.15, 0.2) is 28.7 Å². The van der Waals surface area contributed by atoms with Gasteiger partial charge in [0, 0.05) is 12.2 Å². The first kappa shape index (κ1) is 11.9. The van der Waals surface area contributed by atoms with Crippen LogP contribution in [0, 0.1) is 11.6 Å². The lowest BCUT2D eigenvalue weighted by Gasteiger charge is -1.96. The Bertz CT molecular complexity index is 623. The van der Waals surface area contributed by atoms with Crippen LogP contribution in [0.2, 0.25) is 0 Å². The number of rotatable bonds is 3. The van der Waals surface area contributed by atoms with Gasteiger partial charge in [-0.05, 0) is 18.2 Å². The molecule has 7 heteroatoms. The van der Waals surface area contributed by atoms with E-state index in [2.05, 4.69) is 10.2 Å². The van der Waals surface area contributed by atoms with Gasteiger partial charge in [-0.1, -0.05) is 0 Å². The van der Waals surface area contributed by atoms with Gasteiger partial charge in [0.05, 0.1) is 5.56 Å². The fourth-order valence-electron chi connectivity index (χ4n) is 1.21. The van der Waals surface area contributed by atoms with Crippen LogP contribution in [0.5, 0.6) is 0 Å². The van der Waals surface area contributed by atoms with Gasteiger partial charge in [0.25, 0.3) is 5.89 Å². The Balaban J connectivity index is 2.35. The molecule has 0 aliphatic carbocycles. The summed E-state index contributed by atoms with van der Waals surface area (Å²) >= 11 is 0. The monoisotopic (exact) mass is 252 g/mol. The van der Waals surface area contributed by atoms with Crippen molar-refractivity contribution in [2.45, 2.75) is 0 Å². The summed E-state index contributed by atoms with van der Waals surface area (Å²) in [5.41, 5.74) is -0.183. The van der Waals surface area contributed by atoms with Gasteiger partial charge in [-0.15, -0.1) is 10.2 Å². The van der Waals surface area contributed by atoms with Gasteiger partial charge in [0.1, 0.15) is 11.6 Å². The van der Waals surface area contributed by atoms with Crippen LogP contribution in [0.3, 0.4) is 0 Å². The first-order valence-electron chi connectivity index (χ1n) is 4.76. The topological polar surface area (TPSA) is 76.2 Å². The average Bonchev–Trinajstić information content (AvgIpc) is 2.78. The molecule has 0 aliphatic heterocycles. The summed E-state index contributed by atoms with van der Waals surface area (Å²) in [6, 6.07) is 2.80. The summed E-state index contributed by atoms with van der Waals surface area (Å²) in [5.74, 6) is -2.89. The van der Waals surface area contributed by atoms with Crippen molar-refractivity contribution in [1.29, 1.82) is 0 Å². The fraction of sp³-hybridized carbons (Fsp3) is 0. The molecule has 2 rings (SSSR count). The number of carbonyl (C=O) groups is 1. The maximum atomic E-state index is 13.4. The third-order valence-corrected chi connectivity index (χ3v) is 1.97. The number of hydrogen-bond acceptors (Lipinski definition) is 4. The molecule has 0 fully saturated rings. The SMILES string of the molecule is O=C(O)/C=C/c1nnc(-c2cc(F)ccc2F)o1. The van der Waals surface area contributed by atoms with E-state index in [1.165, 1.54) is 0 Å². The van der Waals surface area contributed by atoms with Crippen molar-refractivity contribution in [3.63, 3.8) is 0 Å². The van der Waals surface area contributed by atoms with E-state index in [0.29, 0.717) is 0 Å². The average molecular weight is 252 g/mol. The molecular formula is C11H6F2N2O3. The second kappa shape index (κ2) is 4.74. The molecule has 0 saturated carbocycles. The van der Waals surface area contributed by atoms with E-state index >= 15 is 0 Å². The van der Waals surface area contributed by atoms with Crippen molar-refractivity contribution in [3.05, 3.63) is 41.8 Å². The van der Waals surface area contributed by atoms with E-state index in [9.17, 15) is 13.6 Å². The molecule has 2 aromatic rings. The molecule has 0 radical (unpaired) electrons. The van der Waals surface area contributed by atoms with Crippen molar-refractivity contribution < 1.29 is 23.1 Å². The molecule has 1 heterocycles. The Labute approximate surface area is 99.4 Å². The molecule has 0 saturated heterocycles. The van der Waals surface area contributed by atoms with Gasteiger partial charge in [-0.3, -0.25) is 0 Å². The van der Waals surface area contributed by atoms with Crippen LogP contribution >= 0.6 is 0 Å². The molecule has 0 amide bonds. The number of aromatic nitrogens is 2. The number of carboxylic acids is 1. The van der Waals surface area contributed by atoms with Gasteiger partial charge < -0.3 is 9.52 Å². The van der Waals surface area contributed by atoms with Gasteiger partial charge in [0.2, 0.25) is 5.89 Å². The van der Waals surface area contributed by atoms with Crippen molar-refractivity contribution in [2.75, 3.05) is 0 Å². The van der Waals surface area contributed by atoms with Gasteiger partial charge in [0.15, 0.2) is 0 Å². The molecule has 18 heavy (non-hydrogen) atoms. The van der Waals surface area contributed by atoms with Crippen molar-refractivity contribution in [1.82, 2.24) is 10.2 Å². The quantitative estimate of drug-likeness (QED) is 0.846. The van der Waals surface area contributed by atoms with Crippen molar-refractivity contribution >= 4 is 12.0 Å². The zero-order chi connectivity index (χ0) is 13.1. The highest BCUT2D eigenvalue weighted by Crippen LogP contribution is 2.22. The first-order valence-corrected chi connectivity index (χ1v) is 4.76. The van der Waals surface area contributed by atoms with Crippen molar-refractivity contribution in [2.24, 2.45) is 0 Å². The highest BCUT2D eigenvalue weighted by atomic mass is 19.1. The largest absolute Gasteiger partial charge is 0.478 e. The second-order valence-electron chi connectivity index (χ2n) is 3.24. The molecule has 1 aromatic carbocycles. The van der Waals surface area contributed by atoms with Gasteiger partial charge in [-0.2, -0.15) is 0 Å². The number of hydrogen-bond donors (Lipinski definition) is 1. The summed E-state index contributed by atoms with van der Waals surface area (Å²) in [6.45, 7) is 0. The third kappa shape index (κ3) is 2.57. The molecule has 0 bridgehead atoms. The summed E-state index contributed by atoms with van der Waals surface area (Å²) in [6.07, 6.45) is 1.84. The van der Waals surface area contributed by atoms with Crippen LogP contribution < -0.4 is 0 Å². The number of nitrogens with zero attached hydrogens (tertiary/aromatic N) is 2. The molecule has 1 N–H and O–H groups in total. The summed E-state index contributed by atoms with van der Waals surface area (Å²) in [7, 11) is 0. The number of benzene rings is 1. The minimum absolute atomic E-state index is 0.115. The van der Waals surface area contributed by atoms with E-state index in [1.54, 1.807) is 0 Å². The summed E-state index contributed by atoms with van der Waals surface area (Å²) in [5, 5.41) is 15.4. The predicted octanol–water partition coefficient (Wildman–Crippen LogP) is 2.11. The Morgan fingerprint density at radius 3 is 2.83 bits per heavy atom. The Hall–Kier alpha value is -2.57. The Kier molecular flexibility index (Phi) is 3.13. The number of aliphatic carboxylic acids is 1. The van der Waals surface area contributed by atoms with Gasteiger partial charge >= 0.3 is 5.97 Å². The highest BCUT2D eigenvalue weighted by Gasteiger charge is 2.13. The second-order valence-corrected chi connectivity index (χ2v) is 3.24. The maximum Gasteiger partial charge on any atom is 0.328 e. The van der Waals surface area contributed by atoms with E-state index in [-0.39, 0.29) is 17.3 Å². The lowest BCUT2D eigenvalue weighted by atomic mass is 10.2. The van der Waals surface area contributed by atoms with Crippen LogP contribution in [0.1, 0.15) is 5.89 Å². The molecule has 1 aromatic heterocycles. The smallest absolute Gasteiger partial charge is 0.328 e. The van der Waals surface area contributed by atoms with Crippen LogP contribution in [0.25, 0.3) is 17.5 Å². The Morgan fingerprint density at radius 2 is 2.11 bits per heavy atom. The summed E-state index contributed by atoms with van der Waals surface area (Å²) < 4.78 is 31.3. The molecular weight excluding hydrogens is 246 g/mol. The van der Waals surface area contributed by atoms with E-state index in [0.717, 1.165) is 30.4 Å². The zero-order valence-electron chi connectivity index (χ0n) is 8.80. The minimum Gasteiger partial charge on any atom is -0.478 e.